The van der Waals surface area contributed by atoms with Gasteiger partial charge < -0.3 is 29.4 Å². The van der Waals surface area contributed by atoms with Gasteiger partial charge in [-0.15, -0.1) is 18.7 Å². The van der Waals surface area contributed by atoms with Crippen LogP contribution >= 0.6 is 55.0 Å². The summed E-state index contributed by atoms with van der Waals surface area (Å²) in [6.07, 6.45) is 0. The standard InChI is InChI=1S/C4H13NO7P2S.C3H11NO7P2S/c1-4(2,3)15-5-13(6,7)11-12-14(8,9)10;1-3(2)14-4-12(5,6)10-11-13(7,8)9/h1-3H3,(H2,5,6,7)(H2,8,9,10);3H,1-2H3,(H2,4,5,6)(H2,7,8,9). The van der Waals surface area contributed by atoms with Crippen LogP contribution in [0.25, 0.3) is 0 Å². The van der Waals surface area contributed by atoms with Crippen LogP contribution < -0.4 is 8.99 Å². The largest absolute Gasteiger partial charge is 0.497 e. The maximum atomic E-state index is 11.0. The lowest BCUT2D eigenvalue weighted by atomic mass is 10.3. The third-order valence-corrected chi connectivity index (χ3v) is 6.38. The lowest BCUT2D eigenvalue weighted by Crippen LogP contribution is -2.16. The average Bonchev–Trinajstić information content (AvgIpc) is 2.47. The molecule has 22 heteroatoms. The van der Waals surface area contributed by atoms with Crippen molar-refractivity contribution in [3.05, 3.63) is 0 Å². The summed E-state index contributed by atoms with van der Waals surface area (Å²) in [5, 5.41) is -0.00543. The van der Waals surface area contributed by atoms with E-state index in [2.05, 4.69) is 18.7 Å². The maximum Gasteiger partial charge on any atom is 0.497 e. The highest BCUT2D eigenvalue weighted by Crippen LogP contribution is 2.49. The van der Waals surface area contributed by atoms with Crippen molar-refractivity contribution in [3.8, 4) is 0 Å². The van der Waals surface area contributed by atoms with Crippen molar-refractivity contribution in [1.29, 1.82) is 0 Å². The van der Waals surface area contributed by atoms with Gasteiger partial charge in [-0.3, -0.25) is 0 Å². The molecule has 0 aromatic heterocycles. The smallest absolute Gasteiger partial charge is 0.310 e. The SMILES string of the molecule is CC(C)(C)SNP(=O)(O)OOP(=O)(O)O.CC(C)SNP(=O)(O)OOP(=O)(O)O. The molecular formula is C7H24N2O14P4S2. The summed E-state index contributed by atoms with van der Waals surface area (Å²) in [6, 6.07) is 0. The molecule has 29 heavy (non-hydrogen) atoms. The Hall–Kier alpha value is 1.14. The van der Waals surface area contributed by atoms with Crippen molar-refractivity contribution < 1.29 is 66.3 Å². The van der Waals surface area contributed by atoms with E-state index in [9.17, 15) is 18.3 Å². The minimum atomic E-state index is -4.93. The van der Waals surface area contributed by atoms with Crippen molar-refractivity contribution in [1.82, 2.24) is 8.99 Å². The Morgan fingerprint density at radius 1 is 0.724 bits per heavy atom. The van der Waals surface area contributed by atoms with E-state index in [1.165, 1.54) is 0 Å². The van der Waals surface area contributed by atoms with Crippen LogP contribution in [0.5, 0.6) is 0 Å². The number of nitrogens with one attached hydrogen (secondary N) is 2. The summed E-state index contributed by atoms with van der Waals surface area (Å²) < 4.78 is 60.0. The Morgan fingerprint density at radius 2 is 1.07 bits per heavy atom. The van der Waals surface area contributed by atoms with Crippen molar-refractivity contribution in [2.24, 2.45) is 0 Å². The molecule has 0 aliphatic carbocycles. The highest BCUT2D eigenvalue weighted by molar-refractivity contribution is 8.03. The molecule has 2 unspecified atom stereocenters. The van der Waals surface area contributed by atoms with Gasteiger partial charge in [-0.25, -0.2) is 18.3 Å². The Kier molecular flexibility index (Phi) is 14.5. The van der Waals surface area contributed by atoms with Crippen LogP contribution in [-0.2, 0) is 37.0 Å². The number of hydrogen-bond acceptors (Lipinski definition) is 10. The zero-order valence-corrected chi connectivity index (χ0v) is 20.8. The van der Waals surface area contributed by atoms with Crippen molar-refractivity contribution in [2.75, 3.05) is 0 Å². The second-order valence-electron chi connectivity index (χ2n) is 5.88. The number of rotatable bonds is 11. The molecule has 8 N–H and O–H groups in total. The fourth-order valence-electron chi connectivity index (χ4n) is 0.574. The van der Waals surface area contributed by atoms with Crippen molar-refractivity contribution >= 4 is 55.0 Å². The van der Waals surface area contributed by atoms with Gasteiger partial charge in [-0.1, -0.05) is 37.7 Å². The quantitative estimate of drug-likeness (QED) is 0.0794. The molecule has 0 aliphatic heterocycles. The molecule has 0 aromatic rings. The van der Waals surface area contributed by atoms with Crippen molar-refractivity contribution in [3.63, 3.8) is 0 Å². The summed E-state index contributed by atoms with van der Waals surface area (Å²) in [6.45, 7) is 8.75. The Balaban J connectivity index is 0. The van der Waals surface area contributed by atoms with E-state index in [1.54, 1.807) is 34.6 Å². The number of phosphoric acid groups is 2. The van der Waals surface area contributed by atoms with E-state index in [4.69, 9.17) is 29.4 Å². The summed E-state index contributed by atoms with van der Waals surface area (Å²) in [4.78, 5) is 50.6. The Bertz CT molecular complexity index is 673. The van der Waals surface area contributed by atoms with E-state index in [-0.39, 0.29) is 10.00 Å². The predicted octanol–water partition coefficient (Wildman–Crippen LogP) is 1.94. The highest BCUT2D eigenvalue weighted by Gasteiger charge is 2.29. The first kappa shape index (κ1) is 32.3. The monoisotopic (exact) mass is 548 g/mol. The lowest BCUT2D eigenvalue weighted by Gasteiger charge is -2.19. The molecule has 0 rings (SSSR count). The van der Waals surface area contributed by atoms with Gasteiger partial charge in [0.1, 0.15) is 0 Å². The Labute approximate surface area is 175 Å². The second-order valence-corrected chi connectivity index (χ2v) is 14.6. The zero-order valence-electron chi connectivity index (χ0n) is 15.6. The van der Waals surface area contributed by atoms with Gasteiger partial charge in [-0.05, 0) is 20.8 Å². The fourth-order valence-corrected chi connectivity index (χ4v) is 5.17. The molecule has 0 radical (unpaired) electrons. The molecule has 16 nitrogen and oxygen atoms in total. The first-order valence-corrected chi connectivity index (χ1v) is 14.9. The number of hydrogen-bond donors (Lipinski definition) is 8. The van der Waals surface area contributed by atoms with Gasteiger partial charge in [0.15, 0.2) is 0 Å². The van der Waals surface area contributed by atoms with Crippen LogP contribution in [0.3, 0.4) is 0 Å². The first-order chi connectivity index (χ1) is 12.5. The van der Waals surface area contributed by atoms with E-state index in [1.807, 2.05) is 8.99 Å². The first-order valence-electron chi connectivity index (χ1n) is 6.94. The molecule has 0 aliphatic rings. The van der Waals surface area contributed by atoms with Crippen LogP contribution in [0.1, 0.15) is 34.6 Å². The van der Waals surface area contributed by atoms with Crippen LogP contribution in [0.15, 0.2) is 0 Å². The molecule has 0 fully saturated rings. The second kappa shape index (κ2) is 13.0. The fraction of sp³-hybridized carbons (Fsp3) is 1.00. The van der Waals surface area contributed by atoms with E-state index in [0.717, 1.165) is 23.9 Å². The van der Waals surface area contributed by atoms with E-state index in [0.29, 0.717) is 0 Å². The molecule has 0 saturated carbocycles. The zero-order chi connectivity index (χ0) is 23.7. The summed E-state index contributed by atoms with van der Waals surface area (Å²) in [5.74, 6) is 0. The third-order valence-electron chi connectivity index (χ3n) is 1.33. The maximum absolute atomic E-state index is 11.0. The van der Waals surface area contributed by atoms with Crippen LogP contribution in [0, 0.1) is 0 Å². The van der Waals surface area contributed by atoms with Gasteiger partial charge in [-0.2, -0.15) is 8.99 Å². The van der Waals surface area contributed by atoms with Gasteiger partial charge >= 0.3 is 31.1 Å². The average molecular weight is 548 g/mol. The Morgan fingerprint density at radius 3 is 1.34 bits per heavy atom. The van der Waals surface area contributed by atoms with E-state index >= 15 is 0 Å². The highest BCUT2D eigenvalue weighted by atomic mass is 32.2. The molecular weight excluding hydrogens is 524 g/mol. The minimum absolute atomic E-state index is 0.00543. The summed E-state index contributed by atoms with van der Waals surface area (Å²) in [7, 11) is -18.6. The molecule has 0 bridgehead atoms. The lowest BCUT2D eigenvalue weighted by molar-refractivity contribution is -0.131. The molecule has 0 amide bonds. The van der Waals surface area contributed by atoms with Gasteiger partial charge in [0, 0.05) is 10.00 Å². The molecule has 2 atom stereocenters. The minimum Gasteiger partial charge on any atom is -0.310 e. The molecule has 0 aromatic carbocycles. The predicted molar refractivity (Wildman–Crippen MR) is 104 cm³/mol. The van der Waals surface area contributed by atoms with Crippen molar-refractivity contribution in [2.45, 2.75) is 44.6 Å². The van der Waals surface area contributed by atoms with Gasteiger partial charge in [0.05, 0.1) is 0 Å². The topological polar surface area (TPSA) is 251 Å². The van der Waals surface area contributed by atoms with Crippen LogP contribution in [-0.4, -0.2) is 39.4 Å². The molecule has 0 saturated heterocycles. The van der Waals surface area contributed by atoms with Gasteiger partial charge in [0.2, 0.25) is 0 Å². The van der Waals surface area contributed by atoms with Crippen LogP contribution in [0.4, 0.5) is 0 Å². The summed E-state index contributed by atoms with van der Waals surface area (Å²) in [5.41, 5.74) is 0. The molecule has 0 heterocycles. The van der Waals surface area contributed by atoms with Gasteiger partial charge in [0.25, 0.3) is 0 Å². The van der Waals surface area contributed by atoms with Crippen LogP contribution in [0.2, 0.25) is 0 Å². The third kappa shape index (κ3) is 27.1. The molecule has 0 spiro atoms. The molecule has 178 valence electrons. The normalized spacial score (nSPS) is 17.2. The summed E-state index contributed by atoms with van der Waals surface area (Å²) >= 11 is 1.74. The van der Waals surface area contributed by atoms with E-state index < -0.39 is 31.1 Å².